The van der Waals surface area contributed by atoms with Gasteiger partial charge in [-0.25, -0.2) is 4.90 Å². The Kier molecular flexibility index (Phi) is 3.58. The highest BCUT2D eigenvalue weighted by Gasteiger charge is 2.78. The van der Waals surface area contributed by atoms with Crippen molar-refractivity contribution in [3.8, 4) is 0 Å². The summed E-state index contributed by atoms with van der Waals surface area (Å²) in [7, 11) is 0. The standard InChI is InChI=1S/C23H20ClN3O3/c1-12-4-9-16-15(11-12)23(22(30)25-16)19-18(17-3-2-10-26(17)23)20(28)27(21(19)29)14-7-5-13(24)6-8-14/h4-9,11,17-19H,2-3,10H2,1H3,(H,25,30)/p+1/t17-,18+,19-,23-/m0/s1. The number of nitrogens with zero attached hydrogens (tertiary/aromatic N) is 1. The van der Waals surface area contributed by atoms with Gasteiger partial charge in [0.05, 0.1) is 17.9 Å². The van der Waals surface area contributed by atoms with Crippen LogP contribution < -0.4 is 15.1 Å². The van der Waals surface area contributed by atoms with Crippen molar-refractivity contribution in [1.82, 2.24) is 0 Å². The van der Waals surface area contributed by atoms with Crippen LogP contribution in [0, 0.1) is 18.8 Å². The highest BCUT2D eigenvalue weighted by Crippen LogP contribution is 2.52. The van der Waals surface area contributed by atoms with Crippen molar-refractivity contribution in [2.75, 3.05) is 16.8 Å². The third kappa shape index (κ3) is 2.01. The Morgan fingerprint density at radius 1 is 1.10 bits per heavy atom. The second kappa shape index (κ2) is 5.93. The van der Waals surface area contributed by atoms with Crippen molar-refractivity contribution in [3.05, 3.63) is 58.6 Å². The largest absolute Gasteiger partial charge is 0.320 e. The molecular formula is C23H21ClN3O3+. The quantitative estimate of drug-likeness (QED) is 0.687. The lowest BCUT2D eigenvalue weighted by Gasteiger charge is -2.33. The van der Waals surface area contributed by atoms with E-state index in [9.17, 15) is 14.4 Å². The smallest absolute Gasteiger partial charge is 0.291 e. The average Bonchev–Trinajstić information content (AvgIpc) is 3.42. The van der Waals surface area contributed by atoms with E-state index in [4.69, 9.17) is 11.6 Å². The number of anilines is 2. The molecule has 6 rings (SSSR count). The number of benzene rings is 2. The molecule has 6 nitrogen and oxygen atoms in total. The van der Waals surface area contributed by atoms with Gasteiger partial charge in [0, 0.05) is 23.4 Å². The first kappa shape index (κ1) is 18.1. The zero-order valence-corrected chi connectivity index (χ0v) is 17.2. The Bertz CT molecular complexity index is 1130. The van der Waals surface area contributed by atoms with Gasteiger partial charge in [0.15, 0.2) is 0 Å². The molecule has 2 aromatic carbocycles. The van der Waals surface area contributed by atoms with Gasteiger partial charge >= 0.3 is 0 Å². The molecule has 3 saturated heterocycles. The van der Waals surface area contributed by atoms with Crippen molar-refractivity contribution in [2.45, 2.75) is 31.3 Å². The zero-order valence-electron chi connectivity index (χ0n) is 16.4. The molecule has 1 unspecified atom stereocenters. The predicted molar refractivity (Wildman–Crippen MR) is 111 cm³/mol. The summed E-state index contributed by atoms with van der Waals surface area (Å²) < 4.78 is 0. The maximum absolute atomic E-state index is 13.8. The van der Waals surface area contributed by atoms with E-state index in [-0.39, 0.29) is 23.8 Å². The van der Waals surface area contributed by atoms with Gasteiger partial charge in [0.2, 0.25) is 17.4 Å². The summed E-state index contributed by atoms with van der Waals surface area (Å²) >= 11 is 6.00. The van der Waals surface area contributed by atoms with Crippen LogP contribution in [0.5, 0.6) is 0 Å². The van der Waals surface area contributed by atoms with Crippen molar-refractivity contribution in [3.63, 3.8) is 0 Å². The number of quaternary nitrogens is 1. The van der Waals surface area contributed by atoms with Crippen LogP contribution >= 0.6 is 11.6 Å². The fourth-order valence-corrected chi connectivity index (χ4v) is 6.54. The molecule has 4 aliphatic heterocycles. The molecule has 0 bridgehead atoms. The van der Waals surface area contributed by atoms with Crippen LogP contribution in [0.3, 0.4) is 0 Å². The third-order valence-electron chi connectivity index (χ3n) is 7.46. The second-order valence-electron chi connectivity index (χ2n) is 8.83. The third-order valence-corrected chi connectivity index (χ3v) is 7.71. The molecule has 7 heteroatoms. The fraction of sp³-hybridized carbons (Fsp3) is 0.348. The van der Waals surface area contributed by atoms with Crippen LogP contribution in [0.2, 0.25) is 5.02 Å². The first-order valence-electron chi connectivity index (χ1n) is 10.4. The molecule has 4 aliphatic rings. The van der Waals surface area contributed by atoms with Gasteiger partial charge < -0.3 is 10.2 Å². The summed E-state index contributed by atoms with van der Waals surface area (Å²) in [5, 5.41) is 3.56. The van der Waals surface area contributed by atoms with Crippen LogP contribution in [-0.2, 0) is 19.9 Å². The van der Waals surface area contributed by atoms with E-state index in [1.807, 2.05) is 25.1 Å². The van der Waals surface area contributed by atoms with E-state index in [1.54, 1.807) is 24.3 Å². The molecule has 1 spiro atoms. The molecule has 152 valence electrons. The van der Waals surface area contributed by atoms with Gasteiger partial charge in [0.25, 0.3) is 5.91 Å². The lowest BCUT2D eigenvalue weighted by Crippen LogP contribution is -3.19. The number of fused-ring (bicyclic) bond motifs is 7. The molecule has 0 aliphatic carbocycles. The van der Waals surface area contributed by atoms with Crippen LogP contribution in [-0.4, -0.2) is 30.3 Å². The lowest BCUT2D eigenvalue weighted by atomic mass is 9.75. The molecule has 0 aromatic heterocycles. The van der Waals surface area contributed by atoms with Gasteiger partial charge in [-0.3, -0.25) is 14.4 Å². The Morgan fingerprint density at radius 3 is 2.63 bits per heavy atom. The molecule has 2 N–H and O–H groups in total. The normalized spacial score (nSPS) is 33.8. The number of rotatable bonds is 1. The number of carbonyl (C=O) groups excluding carboxylic acids is 3. The summed E-state index contributed by atoms with van der Waals surface area (Å²) in [4.78, 5) is 43.3. The SMILES string of the molecule is Cc1ccc2c(c1)[C@@]1(C(=O)N2)[C@@H]2C(=O)N(c3ccc(Cl)cc3)C(=O)[C@@H]2[C@@H]2CCC[NH+]21. The monoisotopic (exact) mass is 422 g/mol. The van der Waals surface area contributed by atoms with Gasteiger partial charge in [-0.2, -0.15) is 0 Å². The Balaban J connectivity index is 1.56. The van der Waals surface area contributed by atoms with E-state index in [0.29, 0.717) is 10.7 Å². The summed E-state index contributed by atoms with van der Waals surface area (Å²) in [5.41, 5.74) is 2.13. The van der Waals surface area contributed by atoms with Crippen molar-refractivity contribution in [2.24, 2.45) is 11.8 Å². The number of hydrogen-bond donors (Lipinski definition) is 2. The molecule has 30 heavy (non-hydrogen) atoms. The molecule has 0 radical (unpaired) electrons. The second-order valence-corrected chi connectivity index (χ2v) is 9.26. The number of carbonyl (C=O) groups is 3. The molecule has 4 heterocycles. The van der Waals surface area contributed by atoms with Crippen LogP contribution in [0.1, 0.15) is 24.0 Å². The van der Waals surface area contributed by atoms with E-state index in [2.05, 4.69) is 5.32 Å². The molecule has 5 atom stereocenters. The number of nitrogens with one attached hydrogen (secondary N) is 2. The summed E-state index contributed by atoms with van der Waals surface area (Å²) in [5.74, 6) is -1.80. The first-order valence-corrected chi connectivity index (χ1v) is 10.7. The van der Waals surface area contributed by atoms with Crippen LogP contribution in [0.25, 0.3) is 0 Å². The van der Waals surface area contributed by atoms with Gasteiger partial charge in [0.1, 0.15) is 17.9 Å². The molecule has 2 aromatic rings. The zero-order chi connectivity index (χ0) is 20.8. The van der Waals surface area contributed by atoms with E-state index in [1.165, 1.54) is 4.90 Å². The minimum Gasteiger partial charge on any atom is -0.320 e. The highest BCUT2D eigenvalue weighted by molar-refractivity contribution is 6.31. The lowest BCUT2D eigenvalue weighted by molar-refractivity contribution is -0.948. The van der Waals surface area contributed by atoms with Crippen molar-refractivity contribution in [1.29, 1.82) is 0 Å². The van der Waals surface area contributed by atoms with E-state index >= 15 is 0 Å². The summed E-state index contributed by atoms with van der Waals surface area (Å²) in [6, 6.07) is 12.6. The Labute approximate surface area is 178 Å². The first-order chi connectivity index (χ1) is 14.4. The molecule has 3 amide bonds. The predicted octanol–water partition coefficient (Wildman–Crippen LogP) is 1.66. The fourth-order valence-electron chi connectivity index (χ4n) is 6.42. The summed E-state index contributed by atoms with van der Waals surface area (Å²) in [6.07, 6.45) is 1.79. The number of imide groups is 1. The topological polar surface area (TPSA) is 70.9 Å². The highest BCUT2D eigenvalue weighted by atomic mass is 35.5. The molecule has 0 saturated carbocycles. The Hall–Kier alpha value is -2.70. The van der Waals surface area contributed by atoms with Crippen molar-refractivity contribution < 1.29 is 19.3 Å². The number of aryl methyl sites for hydroxylation is 1. The van der Waals surface area contributed by atoms with Crippen LogP contribution in [0.15, 0.2) is 42.5 Å². The minimum absolute atomic E-state index is 0.0269. The average molecular weight is 423 g/mol. The maximum Gasteiger partial charge on any atom is 0.291 e. The molecular weight excluding hydrogens is 402 g/mol. The Morgan fingerprint density at radius 2 is 1.87 bits per heavy atom. The minimum atomic E-state index is -1.04. The number of hydrogen-bond acceptors (Lipinski definition) is 3. The number of amides is 3. The van der Waals surface area contributed by atoms with E-state index < -0.39 is 17.4 Å². The van der Waals surface area contributed by atoms with E-state index in [0.717, 1.165) is 41.1 Å². The molecule has 3 fully saturated rings. The number of halogens is 1. The maximum atomic E-state index is 13.8. The van der Waals surface area contributed by atoms with Crippen LogP contribution in [0.4, 0.5) is 11.4 Å². The summed E-state index contributed by atoms with van der Waals surface area (Å²) in [6.45, 7) is 2.78. The van der Waals surface area contributed by atoms with Gasteiger partial charge in [-0.1, -0.05) is 23.2 Å². The van der Waals surface area contributed by atoms with Crippen molar-refractivity contribution >= 4 is 40.7 Å². The van der Waals surface area contributed by atoms with Gasteiger partial charge in [-0.15, -0.1) is 0 Å². The van der Waals surface area contributed by atoms with Gasteiger partial charge in [-0.05, 0) is 43.3 Å².